The Balaban J connectivity index is 1.48. The zero-order valence-corrected chi connectivity index (χ0v) is 21.4. The topological polar surface area (TPSA) is 34.5 Å². The Hall–Kier alpha value is -3.35. The Labute approximate surface area is 215 Å². The van der Waals surface area contributed by atoms with Crippen LogP contribution in [0.25, 0.3) is 17.0 Å². The number of methoxy groups -OCH3 is 1. The number of fused-ring (bicyclic) bond motifs is 1. The summed E-state index contributed by atoms with van der Waals surface area (Å²) in [5.74, 6) is 0.740. The van der Waals surface area contributed by atoms with E-state index in [1.54, 1.807) is 12.0 Å². The molecule has 1 amide bonds. The summed E-state index contributed by atoms with van der Waals surface area (Å²) in [6.45, 7) is 3.40. The number of hydrogen-bond donors (Lipinski definition) is 0. The second-order valence-electron chi connectivity index (χ2n) is 8.48. The molecule has 0 saturated carbocycles. The number of benzene rings is 3. The molecule has 0 atom stereocenters. The van der Waals surface area contributed by atoms with E-state index in [1.807, 2.05) is 36.4 Å². The van der Waals surface area contributed by atoms with Crippen LogP contribution in [0.4, 0.5) is 0 Å². The first-order valence-electron chi connectivity index (χ1n) is 11.6. The van der Waals surface area contributed by atoms with E-state index in [0.717, 1.165) is 35.2 Å². The van der Waals surface area contributed by atoms with Crippen molar-refractivity contribution in [3.63, 3.8) is 0 Å². The molecule has 1 saturated heterocycles. The van der Waals surface area contributed by atoms with Gasteiger partial charge in [-0.15, -0.1) is 0 Å². The Bertz CT molecular complexity index is 1420. The summed E-state index contributed by atoms with van der Waals surface area (Å²) in [6.07, 6.45) is 5.10. The average Bonchev–Trinajstić information content (AvgIpc) is 3.36. The van der Waals surface area contributed by atoms with Crippen LogP contribution in [0.1, 0.15) is 29.2 Å². The van der Waals surface area contributed by atoms with Gasteiger partial charge in [-0.1, -0.05) is 91.6 Å². The fourth-order valence-electron chi connectivity index (χ4n) is 4.46. The van der Waals surface area contributed by atoms with Crippen molar-refractivity contribution in [1.82, 2.24) is 9.47 Å². The maximum Gasteiger partial charge on any atom is 0.266 e. The van der Waals surface area contributed by atoms with Crippen LogP contribution in [0.3, 0.4) is 0 Å². The normalized spacial score (nSPS) is 14.9. The van der Waals surface area contributed by atoms with E-state index in [1.165, 1.54) is 28.4 Å². The quantitative estimate of drug-likeness (QED) is 0.211. The van der Waals surface area contributed by atoms with Gasteiger partial charge < -0.3 is 9.30 Å². The number of para-hydroxylation sites is 1. The summed E-state index contributed by atoms with van der Waals surface area (Å²) in [6, 6.07) is 24.6. The second kappa shape index (κ2) is 10.1. The van der Waals surface area contributed by atoms with E-state index >= 15 is 0 Å². The molecular weight excluding hydrogens is 472 g/mol. The zero-order chi connectivity index (χ0) is 24.4. The number of thiocarbonyl (C=S) groups is 1. The molecule has 35 heavy (non-hydrogen) atoms. The summed E-state index contributed by atoms with van der Waals surface area (Å²) < 4.78 is 8.12. The van der Waals surface area contributed by atoms with Crippen molar-refractivity contribution < 1.29 is 9.53 Å². The molecule has 0 N–H and O–H groups in total. The lowest BCUT2D eigenvalue weighted by Crippen LogP contribution is -2.27. The summed E-state index contributed by atoms with van der Waals surface area (Å²) in [4.78, 5) is 15.7. The standard InChI is InChI=1S/C29H26N2O2S2/c1-3-22-10-7-11-25-23(19-30(27(22)25)17-20-8-5-4-6-9-20)16-26-28(32)31(29(34)35-26)18-21-12-14-24(33-2)15-13-21/h4-16,19H,3,17-18H2,1-2H3/b26-16-. The van der Waals surface area contributed by atoms with Gasteiger partial charge in [-0.3, -0.25) is 9.69 Å². The highest BCUT2D eigenvalue weighted by molar-refractivity contribution is 8.26. The predicted octanol–water partition coefficient (Wildman–Crippen LogP) is 6.66. The predicted molar refractivity (Wildman–Crippen MR) is 149 cm³/mol. The molecule has 0 bridgehead atoms. The fourth-order valence-corrected chi connectivity index (χ4v) is 5.71. The van der Waals surface area contributed by atoms with Crippen molar-refractivity contribution in [3.8, 4) is 5.75 Å². The summed E-state index contributed by atoms with van der Waals surface area (Å²) >= 11 is 6.95. The number of hydrogen-bond acceptors (Lipinski definition) is 4. The lowest BCUT2D eigenvalue weighted by Gasteiger charge is -2.14. The van der Waals surface area contributed by atoms with E-state index in [4.69, 9.17) is 17.0 Å². The maximum absolute atomic E-state index is 13.3. The van der Waals surface area contributed by atoms with E-state index in [-0.39, 0.29) is 5.91 Å². The summed E-state index contributed by atoms with van der Waals surface area (Å²) in [5, 5.41) is 1.15. The molecule has 0 spiro atoms. The third-order valence-electron chi connectivity index (χ3n) is 6.25. The molecule has 0 aliphatic carbocycles. The van der Waals surface area contributed by atoms with E-state index in [2.05, 4.69) is 60.2 Å². The van der Waals surface area contributed by atoms with Crippen LogP contribution in [0, 0.1) is 0 Å². The van der Waals surface area contributed by atoms with Crippen LogP contribution >= 0.6 is 24.0 Å². The molecule has 4 nitrogen and oxygen atoms in total. The smallest absolute Gasteiger partial charge is 0.266 e. The third-order valence-corrected chi connectivity index (χ3v) is 7.63. The largest absolute Gasteiger partial charge is 0.497 e. The van der Waals surface area contributed by atoms with Gasteiger partial charge in [-0.05, 0) is 41.3 Å². The Morgan fingerprint density at radius 3 is 2.40 bits per heavy atom. The number of thioether (sulfide) groups is 1. The maximum atomic E-state index is 13.3. The summed E-state index contributed by atoms with van der Waals surface area (Å²) in [7, 11) is 1.64. The van der Waals surface area contributed by atoms with Gasteiger partial charge in [0.25, 0.3) is 5.91 Å². The van der Waals surface area contributed by atoms with Crippen LogP contribution in [0.5, 0.6) is 5.75 Å². The molecule has 1 fully saturated rings. The van der Waals surface area contributed by atoms with Crippen molar-refractivity contribution in [3.05, 3.63) is 106 Å². The third kappa shape index (κ3) is 4.77. The summed E-state index contributed by atoms with van der Waals surface area (Å²) in [5.41, 5.74) is 5.81. The van der Waals surface area contributed by atoms with Crippen LogP contribution in [0.2, 0.25) is 0 Å². The minimum absolute atomic E-state index is 0.0496. The number of aryl methyl sites for hydroxylation is 1. The van der Waals surface area contributed by atoms with Crippen LogP contribution < -0.4 is 4.74 Å². The van der Waals surface area contributed by atoms with E-state index in [9.17, 15) is 4.79 Å². The first-order valence-corrected chi connectivity index (χ1v) is 12.8. The number of nitrogens with zero attached hydrogens (tertiary/aromatic N) is 2. The Morgan fingerprint density at radius 1 is 0.943 bits per heavy atom. The molecule has 0 unspecified atom stereocenters. The van der Waals surface area contributed by atoms with Crippen molar-refractivity contribution in [1.29, 1.82) is 0 Å². The van der Waals surface area contributed by atoms with Gasteiger partial charge in [0.05, 0.1) is 24.1 Å². The van der Waals surface area contributed by atoms with Crippen molar-refractivity contribution in [2.45, 2.75) is 26.4 Å². The van der Waals surface area contributed by atoms with Gasteiger partial charge in [0.1, 0.15) is 10.1 Å². The fraction of sp³-hybridized carbons (Fsp3) is 0.172. The monoisotopic (exact) mass is 498 g/mol. The lowest BCUT2D eigenvalue weighted by atomic mass is 10.1. The molecule has 3 aromatic carbocycles. The molecule has 1 aliphatic rings. The highest BCUT2D eigenvalue weighted by atomic mass is 32.2. The van der Waals surface area contributed by atoms with E-state index in [0.29, 0.717) is 15.8 Å². The molecule has 6 heteroatoms. The first-order chi connectivity index (χ1) is 17.1. The number of amides is 1. The first kappa shape index (κ1) is 23.4. The molecule has 5 rings (SSSR count). The zero-order valence-electron chi connectivity index (χ0n) is 19.7. The van der Waals surface area contributed by atoms with Crippen molar-refractivity contribution in [2.24, 2.45) is 0 Å². The van der Waals surface area contributed by atoms with Gasteiger partial charge in [-0.2, -0.15) is 0 Å². The number of aromatic nitrogens is 1. The van der Waals surface area contributed by atoms with Crippen molar-refractivity contribution >= 4 is 51.2 Å². The van der Waals surface area contributed by atoms with Gasteiger partial charge in [0.15, 0.2) is 0 Å². The Morgan fingerprint density at radius 2 is 1.69 bits per heavy atom. The number of rotatable bonds is 7. The number of carbonyl (C=O) groups excluding carboxylic acids is 1. The van der Waals surface area contributed by atoms with Gasteiger partial charge in [0.2, 0.25) is 0 Å². The van der Waals surface area contributed by atoms with Crippen LogP contribution in [0.15, 0.2) is 83.9 Å². The molecular formula is C29H26N2O2S2. The van der Waals surface area contributed by atoms with E-state index < -0.39 is 0 Å². The average molecular weight is 499 g/mol. The molecule has 4 aromatic rings. The van der Waals surface area contributed by atoms with Gasteiger partial charge in [-0.25, -0.2) is 0 Å². The van der Waals surface area contributed by atoms with Crippen LogP contribution in [-0.2, 0) is 24.3 Å². The minimum Gasteiger partial charge on any atom is -0.497 e. The van der Waals surface area contributed by atoms with Gasteiger partial charge in [0, 0.05) is 23.7 Å². The molecule has 1 aromatic heterocycles. The molecule has 0 radical (unpaired) electrons. The Kier molecular flexibility index (Phi) is 6.75. The number of ether oxygens (including phenoxy) is 1. The van der Waals surface area contributed by atoms with Gasteiger partial charge >= 0.3 is 0 Å². The second-order valence-corrected chi connectivity index (χ2v) is 10.2. The number of carbonyl (C=O) groups is 1. The molecule has 176 valence electrons. The molecule has 2 heterocycles. The lowest BCUT2D eigenvalue weighted by molar-refractivity contribution is -0.122. The SMILES string of the molecule is CCc1cccc2c(/C=C3\SC(=S)N(Cc4ccc(OC)cc4)C3=O)cn(Cc3ccccc3)c12. The van der Waals surface area contributed by atoms with Crippen LogP contribution in [-0.4, -0.2) is 26.8 Å². The highest BCUT2D eigenvalue weighted by Gasteiger charge is 2.32. The molecule has 1 aliphatic heterocycles. The minimum atomic E-state index is -0.0496. The highest BCUT2D eigenvalue weighted by Crippen LogP contribution is 2.36. The van der Waals surface area contributed by atoms with Crippen molar-refractivity contribution in [2.75, 3.05) is 7.11 Å².